The predicted molar refractivity (Wildman–Crippen MR) is 57.0 cm³/mol. The summed E-state index contributed by atoms with van der Waals surface area (Å²) in [6.07, 6.45) is 5.19. The highest BCUT2D eigenvalue weighted by molar-refractivity contribution is 5.83. The van der Waals surface area contributed by atoms with Crippen LogP contribution in [0.3, 0.4) is 0 Å². The molecule has 2 atom stereocenters. The van der Waals surface area contributed by atoms with Crippen LogP contribution in [0.1, 0.15) is 52.4 Å². The van der Waals surface area contributed by atoms with E-state index in [1.165, 1.54) is 0 Å². The van der Waals surface area contributed by atoms with E-state index in [9.17, 15) is 9.90 Å². The smallest absolute Gasteiger partial charge is 0.138 e. The van der Waals surface area contributed by atoms with Gasteiger partial charge in [0.25, 0.3) is 0 Å². The molecule has 1 N–H and O–H groups in total. The van der Waals surface area contributed by atoms with Crippen molar-refractivity contribution < 1.29 is 9.90 Å². The molecule has 14 heavy (non-hydrogen) atoms. The summed E-state index contributed by atoms with van der Waals surface area (Å²) in [4.78, 5) is 11.4. The molecule has 0 bridgehead atoms. The Hall–Kier alpha value is -0.370. The van der Waals surface area contributed by atoms with Gasteiger partial charge in [-0.15, -0.1) is 0 Å². The SMILES string of the molecule is CC(C)CCCC(O)C1CCCC1=O. The molecule has 0 heterocycles. The molecule has 0 spiro atoms. The van der Waals surface area contributed by atoms with Crippen LogP contribution < -0.4 is 0 Å². The molecule has 0 aromatic carbocycles. The Balaban J connectivity index is 2.20. The highest BCUT2D eigenvalue weighted by atomic mass is 16.3. The molecule has 2 unspecified atom stereocenters. The Morgan fingerprint density at radius 3 is 2.64 bits per heavy atom. The molecule has 1 aliphatic carbocycles. The van der Waals surface area contributed by atoms with Gasteiger partial charge >= 0.3 is 0 Å². The van der Waals surface area contributed by atoms with Crippen LogP contribution in [0.2, 0.25) is 0 Å². The third-order valence-corrected chi connectivity index (χ3v) is 3.10. The fourth-order valence-corrected chi connectivity index (χ4v) is 2.19. The quantitative estimate of drug-likeness (QED) is 0.737. The lowest BCUT2D eigenvalue weighted by molar-refractivity contribution is -0.123. The van der Waals surface area contributed by atoms with Crippen molar-refractivity contribution in [2.24, 2.45) is 11.8 Å². The Morgan fingerprint density at radius 2 is 2.14 bits per heavy atom. The van der Waals surface area contributed by atoms with E-state index in [1.807, 2.05) is 0 Å². The van der Waals surface area contributed by atoms with Gasteiger partial charge in [0, 0.05) is 12.3 Å². The molecule has 1 saturated carbocycles. The lowest BCUT2D eigenvalue weighted by atomic mass is 9.94. The molecule has 82 valence electrons. The zero-order valence-corrected chi connectivity index (χ0v) is 9.33. The monoisotopic (exact) mass is 198 g/mol. The van der Waals surface area contributed by atoms with Crippen molar-refractivity contribution >= 4 is 5.78 Å². The number of aliphatic hydroxyl groups is 1. The molecule has 0 radical (unpaired) electrons. The number of ketones is 1. The third-order valence-electron chi connectivity index (χ3n) is 3.10. The van der Waals surface area contributed by atoms with Crippen LogP contribution in [0.5, 0.6) is 0 Å². The maximum absolute atomic E-state index is 11.4. The summed E-state index contributed by atoms with van der Waals surface area (Å²) in [7, 11) is 0. The predicted octanol–water partition coefficient (Wildman–Crippen LogP) is 2.54. The number of carbonyl (C=O) groups is 1. The van der Waals surface area contributed by atoms with Crippen LogP contribution in [0.25, 0.3) is 0 Å². The van der Waals surface area contributed by atoms with E-state index in [0.717, 1.165) is 32.1 Å². The van der Waals surface area contributed by atoms with E-state index in [1.54, 1.807) is 0 Å². The van der Waals surface area contributed by atoms with E-state index in [0.29, 0.717) is 12.3 Å². The van der Waals surface area contributed by atoms with Crippen molar-refractivity contribution in [3.05, 3.63) is 0 Å². The summed E-state index contributed by atoms with van der Waals surface area (Å²) in [5.41, 5.74) is 0. The molecule has 0 aliphatic heterocycles. The first-order valence-corrected chi connectivity index (χ1v) is 5.82. The lowest BCUT2D eigenvalue weighted by Gasteiger charge is -2.16. The number of rotatable bonds is 5. The fraction of sp³-hybridized carbons (Fsp3) is 0.917. The topological polar surface area (TPSA) is 37.3 Å². The van der Waals surface area contributed by atoms with Crippen molar-refractivity contribution in [1.82, 2.24) is 0 Å². The second-order valence-electron chi connectivity index (χ2n) is 4.86. The minimum absolute atomic E-state index is 0.0397. The van der Waals surface area contributed by atoms with Gasteiger partial charge in [-0.1, -0.05) is 26.7 Å². The van der Waals surface area contributed by atoms with E-state index in [-0.39, 0.29) is 17.8 Å². The number of hydrogen-bond acceptors (Lipinski definition) is 2. The maximum Gasteiger partial charge on any atom is 0.138 e. The first-order valence-electron chi connectivity index (χ1n) is 5.82. The molecule has 0 amide bonds. The molecule has 1 rings (SSSR count). The van der Waals surface area contributed by atoms with Gasteiger partial charge in [-0.05, 0) is 25.2 Å². The molecule has 1 fully saturated rings. The van der Waals surface area contributed by atoms with Gasteiger partial charge in [0.1, 0.15) is 5.78 Å². The van der Waals surface area contributed by atoms with Crippen LogP contribution in [-0.4, -0.2) is 17.0 Å². The summed E-state index contributed by atoms with van der Waals surface area (Å²) >= 11 is 0. The van der Waals surface area contributed by atoms with Crippen LogP contribution in [0.15, 0.2) is 0 Å². The summed E-state index contributed by atoms with van der Waals surface area (Å²) in [6, 6.07) is 0. The van der Waals surface area contributed by atoms with E-state index < -0.39 is 0 Å². The van der Waals surface area contributed by atoms with Crippen LogP contribution in [-0.2, 0) is 4.79 Å². The molecule has 1 aliphatic rings. The van der Waals surface area contributed by atoms with Gasteiger partial charge in [0.05, 0.1) is 6.10 Å². The van der Waals surface area contributed by atoms with Crippen molar-refractivity contribution in [3.63, 3.8) is 0 Å². The zero-order chi connectivity index (χ0) is 10.6. The van der Waals surface area contributed by atoms with Crippen LogP contribution in [0.4, 0.5) is 0 Å². The number of carbonyl (C=O) groups excluding carboxylic acids is 1. The van der Waals surface area contributed by atoms with Gasteiger partial charge < -0.3 is 5.11 Å². The number of hydrogen-bond donors (Lipinski definition) is 1. The van der Waals surface area contributed by atoms with Crippen molar-refractivity contribution in [1.29, 1.82) is 0 Å². The fourth-order valence-electron chi connectivity index (χ4n) is 2.19. The highest BCUT2D eigenvalue weighted by Crippen LogP contribution is 2.27. The van der Waals surface area contributed by atoms with Crippen molar-refractivity contribution in [2.75, 3.05) is 0 Å². The third kappa shape index (κ3) is 3.41. The normalized spacial score (nSPS) is 24.6. The number of Topliss-reactive ketones (excluding diaryl/α,β-unsaturated/α-hetero) is 1. The molecule has 0 aromatic heterocycles. The first kappa shape index (κ1) is 11.7. The number of aliphatic hydroxyl groups excluding tert-OH is 1. The molecule has 2 nitrogen and oxygen atoms in total. The van der Waals surface area contributed by atoms with E-state index in [2.05, 4.69) is 13.8 Å². The molecule has 2 heteroatoms. The molecular weight excluding hydrogens is 176 g/mol. The summed E-state index contributed by atoms with van der Waals surface area (Å²) in [5.74, 6) is 0.936. The van der Waals surface area contributed by atoms with Gasteiger partial charge in [0.15, 0.2) is 0 Å². The van der Waals surface area contributed by atoms with Crippen molar-refractivity contribution in [2.45, 2.75) is 58.5 Å². The summed E-state index contributed by atoms with van der Waals surface area (Å²) < 4.78 is 0. The minimum atomic E-state index is -0.372. The van der Waals surface area contributed by atoms with E-state index in [4.69, 9.17) is 0 Å². The zero-order valence-electron chi connectivity index (χ0n) is 9.33. The summed E-state index contributed by atoms with van der Waals surface area (Å²) in [5, 5.41) is 9.81. The standard InChI is InChI=1S/C12H22O2/c1-9(2)5-3-7-11(13)10-6-4-8-12(10)14/h9-11,13H,3-8H2,1-2H3. The Bertz CT molecular complexity index is 187. The molecule has 0 saturated heterocycles. The maximum atomic E-state index is 11.4. The average molecular weight is 198 g/mol. The average Bonchev–Trinajstić information content (AvgIpc) is 2.50. The summed E-state index contributed by atoms with van der Waals surface area (Å²) in [6.45, 7) is 4.38. The largest absolute Gasteiger partial charge is 0.392 e. The first-order chi connectivity index (χ1) is 6.61. The Kier molecular flexibility index (Phi) is 4.59. The highest BCUT2D eigenvalue weighted by Gasteiger charge is 2.30. The lowest BCUT2D eigenvalue weighted by Crippen LogP contribution is -2.23. The van der Waals surface area contributed by atoms with Gasteiger partial charge in [-0.2, -0.15) is 0 Å². The molecular formula is C12H22O2. The Labute approximate surface area is 86.7 Å². The van der Waals surface area contributed by atoms with Crippen molar-refractivity contribution in [3.8, 4) is 0 Å². The Morgan fingerprint density at radius 1 is 1.43 bits per heavy atom. The second-order valence-corrected chi connectivity index (χ2v) is 4.86. The van der Waals surface area contributed by atoms with Gasteiger partial charge in [-0.3, -0.25) is 4.79 Å². The molecule has 0 aromatic rings. The van der Waals surface area contributed by atoms with E-state index >= 15 is 0 Å². The van der Waals surface area contributed by atoms with Gasteiger partial charge in [0.2, 0.25) is 0 Å². The minimum Gasteiger partial charge on any atom is -0.392 e. The second kappa shape index (κ2) is 5.50. The van der Waals surface area contributed by atoms with Crippen LogP contribution in [0, 0.1) is 11.8 Å². The van der Waals surface area contributed by atoms with Gasteiger partial charge in [-0.25, -0.2) is 0 Å². The van der Waals surface area contributed by atoms with Crippen LogP contribution >= 0.6 is 0 Å².